The third kappa shape index (κ3) is 3.68. The quantitative estimate of drug-likeness (QED) is 0.832. The Kier molecular flexibility index (Phi) is 5.28. The molecule has 1 aliphatic heterocycles. The number of aromatic nitrogens is 1. The molecule has 0 bridgehead atoms. The van der Waals surface area contributed by atoms with Gasteiger partial charge in [0.05, 0.1) is 11.7 Å². The van der Waals surface area contributed by atoms with E-state index >= 15 is 0 Å². The predicted molar refractivity (Wildman–Crippen MR) is 76.8 cm³/mol. The second-order valence-corrected chi connectivity index (χ2v) is 6.46. The van der Waals surface area contributed by atoms with Crippen LogP contribution < -0.4 is 5.32 Å². The SMILES string of the molecule is CCCNCc1csc(C2CSCCN2C)n1. The van der Waals surface area contributed by atoms with Crippen LogP contribution in [0.5, 0.6) is 0 Å². The minimum absolute atomic E-state index is 0.527. The molecule has 17 heavy (non-hydrogen) atoms. The van der Waals surface area contributed by atoms with Crippen LogP contribution in [-0.2, 0) is 6.54 Å². The number of nitrogens with one attached hydrogen (secondary N) is 1. The first-order valence-electron chi connectivity index (χ1n) is 6.24. The summed E-state index contributed by atoms with van der Waals surface area (Å²) in [4.78, 5) is 7.19. The highest BCUT2D eigenvalue weighted by atomic mass is 32.2. The van der Waals surface area contributed by atoms with Crippen molar-refractivity contribution in [2.75, 3.05) is 31.6 Å². The van der Waals surface area contributed by atoms with Gasteiger partial charge in [-0.25, -0.2) is 4.98 Å². The molecule has 1 fully saturated rings. The number of thiazole rings is 1. The molecule has 1 N–H and O–H groups in total. The van der Waals surface area contributed by atoms with E-state index in [9.17, 15) is 0 Å². The van der Waals surface area contributed by atoms with Gasteiger partial charge in [0.25, 0.3) is 0 Å². The van der Waals surface area contributed by atoms with E-state index in [4.69, 9.17) is 4.98 Å². The maximum Gasteiger partial charge on any atom is 0.111 e. The normalized spacial score (nSPS) is 21.9. The van der Waals surface area contributed by atoms with Crippen LogP contribution in [-0.4, -0.2) is 41.5 Å². The smallest absolute Gasteiger partial charge is 0.111 e. The zero-order chi connectivity index (χ0) is 12.1. The molecule has 1 aromatic heterocycles. The Labute approximate surface area is 112 Å². The number of thioether (sulfide) groups is 1. The largest absolute Gasteiger partial charge is 0.311 e. The highest BCUT2D eigenvalue weighted by Crippen LogP contribution is 2.30. The minimum atomic E-state index is 0.527. The third-order valence-electron chi connectivity index (χ3n) is 2.98. The van der Waals surface area contributed by atoms with Crippen LogP contribution in [0.15, 0.2) is 5.38 Å². The van der Waals surface area contributed by atoms with Crippen LogP contribution in [0.1, 0.15) is 30.1 Å². The summed E-state index contributed by atoms with van der Waals surface area (Å²) in [5.41, 5.74) is 1.20. The molecule has 2 rings (SSSR count). The van der Waals surface area contributed by atoms with Gasteiger partial charge in [-0.15, -0.1) is 11.3 Å². The molecule has 0 saturated carbocycles. The summed E-state index contributed by atoms with van der Waals surface area (Å²) in [6.07, 6.45) is 1.18. The number of hydrogen-bond acceptors (Lipinski definition) is 5. The van der Waals surface area contributed by atoms with Gasteiger partial charge >= 0.3 is 0 Å². The van der Waals surface area contributed by atoms with Crippen molar-refractivity contribution < 1.29 is 0 Å². The Balaban J connectivity index is 1.92. The molecule has 1 aliphatic rings. The second kappa shape index (κ2) is 6.73. The molecule has 0 radical (unpaired) electrons. The van der Waals surface area contributed by atoms with Gasteiger partial charge in [0.2, 0.25) is 0 Å². The van der Waals surface area contributed by atoms with Crippen LogP contribution in [0, 0.1) is 0 Å². The molecule has 0 aromatic carbocycles. The van der Waals surface area contributed by atoms with Gasteiger partial charge in [-0.1, -0.05) is 6.92 Å². The van der Waals surface area contributed by atoms with Crippen molar-refractivity contribution in [2.24, 2.45) is 0 Å². The Bertz CT molecular complexity index is 340. The first kappa shape index (κ1) is 13.3. The van der Waals surface area contributed by atoms with Gasteiger partial charge in [0.15, 0.2) is 0 Å². The fraction of sp³-hybridized carbons (Fsp3) is 0.750. The highest BCUT2D eigenvalue weighted by Gasteiger charge is 2.23. The summed E-state index contributed by atoms with van der Waals surface area (Å²) in [6, 6.07) is 0.527. The van der Waals surface area contributed by atoms with Gasteiger partial charge in [-0.3, -0.25) is 4.90 Å². The van der Waals surface area contributed by atoms with Crippen molar-refractivity contribution in [3.8, 4) is 0 Å². The fourth-order valence-electron chi connectivity index (χ4n) is 1.90. The van der Waals surface area contributed by atoms with Crippen molar-refractivity contribution in [1.82, 2.24) is 15.2 Å². The van der Waals surface area contributed by atoms with Crippen molar-refractivity contribution in [3.05, 3.63) is 16.1 Å². The Morgan fingerprint density at radius 1 is 1.59 bits per heavy atom. The van der Waals surface area contributed by atoms with Crippen molar-refractivity contribution >= 4 is 23.1 Å². The van der Waals surface area contributed by atoms with E-state index in [1.807, 2.05) is 23.1 Å². The lowest BCUT2D eigenvalue weighted by Gasteiger charge is -2.30. The Morgan fingerprint density at radius 2 is 2.47 bits per heavy atom. The summed E-state index contributed by atoms with van der Waals surface area (Å²) < 4.78 is 0. The number of nitrogens with zero attached hydrogens (tertiary/aromatic N) is 2. The monoisotopic (exact) mass is 271 g/mol. The summed E-state index contributed by atoms with van der Waals surface area (Å²) >= 11 is 3.85. The summed E-state index contributed by atoms with van der Waals surface area (Å²) in [5, 5.41) is 6.89. The molecule has 0 aliphatic carbocycles. The van der Waals surface area contributed by atoms with Gasteiger partial charge in [0.1, 0.15) is 5.01 Å². The summed E-state index contributed by atoms with van der Waals surface area (Å²) in [7, 11) is 2.21. The van der Waals surface area contributed by atoms with E-state index in [0.29, 0.717) is 6.04 Å². The van der Waals surface area contributed by atoms with Gasteiger partial charge < -0.3 is 5.32 Å². The predicted octanol–water partition coefficient (Wildman–Crippen LogP) is 2.36. The van der Waals surface area contributed by atoms with E-state index in [0.717, 1.165) is 13.1 Å². The van der Waals surface area contributed by atoms with Crippen LogP contribution in [0.4, 0.5) is 0 Å². The minimum Gasteiger partial charge on any atom is -0.311 e. The molecule has 96 valence electrons. The maximum absolute atomic E-state index is 4.76. The topological polar surface area (TPSA) is 28.2 Å². The number of rotatable bonds is 5. The lowest BCUT2D eigenvalue weighted by molar-refractivity contribution is 0.274. The van der Waals surface area contributed by atoms with Crippen molar-refractivity contribution in [2.45, 2.75) is 25.9 Å². The van der Waals surface area contributed by atoms with Gasteiger partial charge in [-0.2, -0.15) is 11.8 Å². The van der Waals surface area contributed by atoms with Crippen molar-refractivity contribution in [1.29, 1.82) is 0 Å². The Hall–Kier alpha value is -0.100. The van der Waals surface area contributed by atoms with Gasteiger partial charge in [0, 0.05) is 30.0 Å². The van der Waals surface area contributed by atoms with Crippen LogP contribution in [0.2, 0.25) is 0 Å². The molecular formula is C12H21N3S2. The molecule has 1 aromatic rings. The van der Waals surface area contributed by atoms with E-state index in [1.165, 1.54) is 35.2 Å². The van der Waals surface area contributed by atoms with Crippen molar-refractivity contribution in [3.63, 3.8) is 0 Å². The standard InChI is InChI=1S/C12H21N3S2/c1-3-4-13-7-10-8-17-12(14-10)11-9-16-6-5-15(11)2/h8,11,13H,3-7,9H2,1-2H3. The first-order valence-corrected chi connectivity index (χ1v) is 8.27. The highest BCUT2D eigenvalue weighted by molar-refractivity contribution is 7.99. The third-order valence-corrected chi connectivity index (χ3v) is 5.00. The average molecular weight is 271 g/mol. The van der Waals surface area contributed by atoms with E-state index in [1.54, 1.807) is 0 Å². The number of hydrogen-bond donors (Lipinski definition) is 1. The molecule has 0 amide bonds. The maximum atomic E-state index is 4.76. The molecule has 1 atom stereocenters. The Morgan fingerprint density at radius 3 is 3.24 bits per heavy atom. The molecular weight excluding hydrogens is 250 g/mol. The van der Waals surface area contributed by atoms with Crippen LogP contribution >= 0.6 is 23.1 Å². The summed E-state index contributed by atoms with van der Waals surface area (Å²) in [6.45, 7) is 5.35. The van der Waals surface area contributed by atoms with E-state index < -0.39 is 0 Å². The molecule has 5 heteroatoms. The van der Waals surface area contributed by atoms with E-state index in [-0.39, 0.29) is 0 Å². The van der Waals surface area contributed by atoms with E-state index in [2.05, 4.69) is 29.6 Å². The zero-order valence-corrected chi connectivity index (χ0v) is 12.2. The van der Waals surface area contributed by atoms with Gasteiger partial charge in [-0.05, 0) is 20.0 Å². The second-order valence-electron chi connectivity index (χ2n) is 4.43. The van der Waals surface area contributed by atoms with Crippen LogP contribution in [0.25, 0.3) is 0 Å². The molecule has 1 unspecified atom stereocenters. The zero-order valence-electron chi connectivity index (χ0n) is 10.6. The lowest BCUT2D eigenvalue weighted by atomic mass is 10.3. The van der Waals surface area contributed by atoms with Crippen LogP contribution in [0.3, 0.4) is 0 Å². The molecule has 1 saturated heterocycles. The first-order chi connectivity index (χ1) is 8.31. The molecule has 0 spiro atoms. The summed E-state index contributed by atoms with van der Waals surface area (Å²) in [5.74, 6) is 2.44. The molecule has 3 nitrogen and oxygen atoms in total. The fourth-order valence-corrected chi connectivity index (χ4v) is 4.20. The average Bonchev–Trinajstić information content (AvgIpc) is 2.79. The lowest BCUT2D eigenvalue weighted by Crippen LogP contribution is -2.32. The molecule has 2 heterocycles.